The zero-order chi connectivity index (χ0) is 13.8. The van der Waals surface area contributed by atoms with Crippen LogP contribution in [-0.4, -0.2) is 41.9 Å². The van der Waals surface area contributed by atoms with Crippen molar-refractivity contribution in [3.63, 3.8) is 0 Å². The van der Waals surface area contributed by atoms with Crippen LogP contribution < -0.4 is 0 Å². The van der Waals surface area contributed by atoms with Crippen molar-refractivity contribution in [1.82, 2.24) is 4.90 Å². The van der Waals surface area contributed by atoms with Crippen molar-refractivity contribution in [2.45, 2.75) is 38.5 Å². The summed E-state index contributed by atoms with van der Waals surface area (Å²) < 4.78 is 0. The van der Waals surface area contributed by atoms with E-state index >= 15 is 0 Å². The largest absolute Gasteiger partial charge is 0.395 e. The maximum Gasteiger partial charge on any atom is 0.246 e. The molecule has 0 aromatic carbocycles. The fraction of sp³-hybridized carbons (Fsp3) is 0.733. The molecule has 1 amide bonds. The maximum absolute atomic E-state index is 11.9. The maximum atomic E-state index is 11.9. The highest BCUT2D eigenvalue weighted by molar-refractivity contribution is 5.88. The van der Waals surface area contributed by atoms with Crippen LogP contribution in [0.2, 0.25) is 0 Å². The first-order chi connectivity index (χ1) is 9.11. The van der Waals surface area contributed by atoms with Crippen molar-refractivity contribution >= 4 is 11.7 Å². The Kier molecular flexibility index (Phi) is 4.75. The second-order valence-electron chi connectivity index (χ2n) is 5.75. The van der Waals surface area contributed by atoms with E-state index in [9.17, 15) is 9.59 Å². The fourth-order valence-corrected chi connectivity index (χ4v) is 3.25. The normalized spacial score (nSPS) is 29.2. The van der Waals surface area contributed by atoms with Gasteiger partial charge in [0.1, 0.15) is 5.78 Å². The van der Waals surface area contributed by atoms with E-state index in [1.54, 1.807) is 13.1 Å². The van der Waals surface area contributed by atoms with E-state index in [4.69, 9.17) is 5.11 Å². The van der Waals surface area contributed by atoms with Gasteiger partial charge in [0.05, 0.1) is 6.61 Å². The lowest BCUT2D eigenvalue weighted by atomic mass is 9.69. The summed E-state index contributed by atoms with van der Waals surface area (Å²) in [6, 6.07) is 0. The monoisotopic (exact) mass is 265 g/mol. The smallest absolute Gasteiger partial charge is 0.246 e. The molecule has 0 saturated heterocycles. The molecule has 4 nitrogen and oxygen atoms in total. The van der Waals surface area contributed by atoms with Gasteiger partial charge < -0.3 is 10.0 Å². The summed E-state index contributed by atoms with van der Waals surface area (Å²) in [7, 11) is 1.69. The number of fused-ring (bicyclic) bond motifs is 1. The topological polar surface area (TPSA) is 57.6 Å². The molecule has 4 heteroatoms. The second kappa shape index (κ2) is 6.33. The first kappa shape index (κ1) is 14.3. The first-order valence-electron chi connectivity index (χ1n) is 7.20. The predicted octanol–water partition coefficient (Wildman–Crippen LogP) is 1.53. The number of ketones is 1. The van der Waals surface area contributed by atoms with Gasteiger partial charge >= 0.3 is 0 Å². The van der Waals surface area contributed by atoms with Crippen molar-refractivity contribution in [2.24, 2.45) is 11.8 Å². The van der Waals surface area contributed by atoms with Crippen LogP contribution in [0.5, 0.6) is 0 Å². The number of carbonyl (C=O) groups is 2. The zero-order valence-corrected chi connectivity index (χ0v) is 11.6. The van der Waals surface area contributed by atoms with E-state index in [0.717, 1.165) is 31.3 Å². The van der Waals surface area contributed by atoms with E-state index < -0.39 is 0 Å². The summed E-state index contributed by atoms with van der Waals surface area (Å²) in [5.41, 5.74) is 1.10. The molecule has 0 aromatic heterocycles. The number of aliphatic hydroxyl groups excluding tert-OH is 1. The SMILES string of the molecule is CN(CCO)C(=O)/C=C1/CC[C@@H]2CCCC(=O)[C@H]2C1. The van der Waals surface area contributed by atoms with Gasteiger partial charge in [0.15, 0.2) is 0 Å². The molecule has 0 spiro atoms. The predicted molar refractivity (Wildman–Crippen MR) is 72.5 cm³/mol. The number of likely N-dealkylation sites (N-methyl/N-ethyl adjacent to an activating group) is 1. The van der Waals surface area contributed by atoms with E-state index in [0.29, 0.717) is 24.7 Å². The number of amides is 1. The van der Waals surface area contributed by atoms with Gasteiger partial charge in [0.2, 0.25) is 5.91 Å². The third-order valence-electron chi connectivity index (χ3n) is 4.44. The molecule has 19 heavy (non-hydrogen) atoms. The molecule has 0 bridgehead atoms. The second-order valence-corrected chi connectivity index (χ2v) is 5.75. The molecule has 106 valence electrons. The molecule has 2 atom stereocenters. The highest BCUT2D eigenvalue weighted by atomic mass is 16.3. The minimum atomic E-state index is -0.0641. The van der Waals surface area contributed by atoms with Gasteiger partial charge in [-0.25, -0.2) is 0 Å². The third kappa shape index (κ3) is 3.44. The molecular formula is C15H23NO3. The molecular weight excluding hydrogens is 242 g/mol. The van der Waals surface area contributed by atoms with Crippen LogP contribution in [0.3, 0.4) is 0 Å². The number of hydrogen-bond acceptors (Lipinski definition) is 3. The van der Waals surface area contributed by atoms with Crippen LogP contribution in [0.25, 0.3) is 0 Å². The number of rotatable bonds is 3. The first-order valence-corrected chi connectivity index (χ1v) is 7.20. The molecule has 2 saturated carbocycles. The fourth-order valence-electron chi connectivity index (χ4n) is 3.25. The van der Waals surface area contributed by atoms with E-state index in [2.05, 4.69) is 0 Å². The highest BCUT2D eigenvalue weighted by Gasteiger charge is 2.35. The number of carbonyl (C=O) groups excluding carboxylic acids is 2. The average Bonchev–Trinajstić information content (AvgIpc) is 2.40. The van der Waals surface area contributed by atoms with Gasteiger partial charge in [-0.05, 0) is 38.0 Å². The summed E-state index contributed by atoms with van der Waals surface area (Å²) in [6.07, 6.45) is 7.34. The standard InChI is InChI=1S/C15H23NO3/c1-16(7-8-17)15(19)10-11-5-6-12-3-2-4-14(18)13(12)9-11/h10,12-13,17H,2-9H2,1H3/b11-10-/t12-,13-/m0/s1. The number of hydrogen-bond donors (Lipinski definition) is 1. The van der Waals surface area contributed by atoms with Crippen LogP contribution in [0.1, 0.15) is 38.5 Å². The quantitative estimate of drug-likeness (QED) is 0.787. The summed E-state index contributed by atoms with van der Waals surface area (Å²) in [6.45, 7) is 0.336. The van der Waals surface area contributed by atoms with E-state index in [-0.39, 0.29) is 18.4 Å². The van der Waals surface area contributed by atoms with Gasteiger partial charge in [-0.3, -0.25) is 9.59 Å². The third-order valence-corrected chi connectivity index (χ3v) is 4.44. The summed E-state index contributed by atoms with van der Waals surface area (Å²) in [5, 5.41) is 8.82. The number of Topliss-reactive ketones (excluding diaryl/α,β-unsaturated/α-hetero) is 1. The van der Waals surface area contributed by atoms with E-state index in [1.165, 1.54) is 11.3 Å². The Bertz CT molecular complexity index is 389. The Balaban J connectivity index is 1.99. The van der Waals surface area contributed by atoms with Crippen molar-refractivity contribution in [1.29, 1.82) is 0 Å². The van der Waals surface area contributed by atoms with Gasteiger partial charge in [0.25, 0.3) is 0 Å². The van der Waals surface area contributed by atoms with Crippen LogP contribution in [-0.2, 0) is 9.59 Å². The molecule has 0 heterocycles. The summed E-state index contributed by atoms with van der Waals surface area (Å²) in [4.78, 5) is 25.4. The van der Waals surface area contributed by atoms with Crippen LogP contribution in [0, 0.1) is 11.8 Å². The Morgan fingerprint density at radius 3 is 2.95 bits per heavy atom. The lowest BCUT2D eigenvalue weighted by Crippen LogP contribution is -2.33. The van der Waals surface area contributed by atoms with Crippen molar-refractivity contribution in [3.05, 3.63) is 11.6 Å². The number of aliphatic hydroxyl groups is 1. The van der Waals surface area contributed by atoms with Crippen molar-refractivity contribution in [3.8, 4) is 0 Å². The minimum Gasteiger partial charge on any atom is -0.395 e. The molecule has 2 rings (SSSR count). The van der Waals surface area contributed by atoms with Gasteiger partial charge in [-0.2, -0.15) is 0 Å². The Labute approximate surface area is 114 Å². The van der Waals surface area contributed by atoms with Crippen LogP contribution in [0.4, 0.5) is 0 Å². The molecule has 0 aliphatic heterocycles. The molecule has 2 fully saturated rings. The molecule has 0 aromatic rings. The van der Waals surface area contributed by atoms with Crippen LogP contribution in [0.15, 0.2) is 11.6 Å². The summed E-state index contributed by atoms with van der Waals surface area (Å²) in [5.74, 6) is 1.03. The van der Waals surface area contributed by atoms with Crippen LogP contribution >= 0.6 is 0 Å². The molecule has 0 unspecified atom stereocenters. The Morgan fingerprint density at radius 2 is 2.21 bits per heavy atom. The Hall–Kier alpha value is -1.16. The van der Waals surface area contributed by atoms with Crippen molar-refractivity contribution < 1.29 is 14.7 Å². The number of nitrogens with zero attached hydrogens (tertiary/aromatic N) is 1. The van der Waals surface area contributed by atoms with Gasteiger partial charge in [-0.1, -0.05) is 5.57 Å². The average molecular weight is 265 g/mol. The molecule has 0 radical (unpaired) electrons. The lowest BCUT2D eigenvalue weighted by Gasteiger charge is -2.35. The Morgan fingerprint density at radius 1 is 1.42 bits per heavy atom. The van der Waals surface area contributed by atoms with Gasteiger partial charge in [-0.15, -0.1) is 0 Å². The molecule has 1 N–H and O–H groups in total. The van der Waals surface area contributed by atoms with Crippen molar-refractivity contribution in [2.75, 3.05) is 20.2 Å². The van der Waals surface area contributed by atoms with E-state index in [1.807, 2.05) is 0 Å². The molecule has 2 aliphatic rings. The minimum absolute atomic E-state index is 0.0192. The number of allylic oxidation sites excluding steroid dienone is 1. The highest BCUT2D eigenvalue weighted by Crippen LogP contribution is 2.40. The molecule has 2 aliphatic carbocycles. The zero-order valence-electron chi connectivity index (χ0n) is 11.6. The lowest BCUT2D eigenvalue weighted by molar-refractivity contribution is -0.128. The summed E-state index contributed by atoms with van der Waals surface area (Å²) >= 11 is 0. The van der Waals surface area contributed by atoms with Gasteiger partial charge in [0, 0.05) is 32.0 Å².